The van der Waals surface area contributed by atoms with Crippen LogP contribution in [0, 0.1) is 0 Å². The highest BCUT2D eigenvalue weighted by molar-refractivity contribution is 5.85. The van der Waals surface area contributed by atoms with Crippen molar-refractivity contribution in [3.63, 3.8) is 0 Å². The number of rotatable bonds is 4. The number of hydrogen-bond donors (Lipinski definition) is 1. The quantitative estimate of drug-likeness (QED) is 0.529. The lowest BCUT2D eigenvalue weighted by atomic mass is 10.3. The van der Waals surface area contributed by atoms with Crippen LogP contribution < -0.4 is 22.7 Å². The van der Waals surface area contributed by atoms with E-state index in [1.54, 1.807) is 10.9 Å². The number of aromatic nitrogens is 3. The molecule has 0 bridgehead atoms. The molecule has 24 heavy (non-hydrogen) atoms. The molecule has 2 aromatic heterocycles. The van der Waals surface area contributed by atoms with Gasteiger partial charge in [0.1, 0.15) is 18.6 Å². The van der Waals surface area contributed by atoms with Crippen molar-refractivity contribution in [2.24, 2.45) is 17.3 Å². The van der Waals surface area contributed by atoms with Crippen LogP contribution in [0.2, 0.25) is 0 Å². The van der Waals surface area contributed by atoms with Crippen LogP contribution >= 0.6 is 12.4 Å². The molecule has 0 saturated carbocycles. The number of nitrogens with two attached hydrogens (primary N) is 1. The van der Waals surface area contributed by atoms with Gasteiger partial charge in [-0.2, -0.15) is 10.2 Å². The number of nitrogen functional groups attached to an aromatic ring is 1. The van der Waals surface area contributed by atoms with Gasteiger partial charge in [-0.1, -0.05) is 18.2 Å². The number of pyridine rings is 1. The second-order valence-corrected chi connectivity index (χ2v) is 4.99. The van der Waals surface area contributed by atoms with E-state index in [2.05, 4.69) is 15.3 Å². The van der Waals surface area contributed by atoms with Crippen molar-refractivity contribution in [3.8, 4) is 0 Å². The molecule has 0 aliphatic carbocycles. The largest absolute Gasteiger partial charge is 1.00 e. The fourth-order valence-electron chi connectivity index (χ4n) is 2.11. The second-order valence-electron chi connectivity index (χ2n) is 4.99. The van der Waals surface area contributed by atoms with Gasteiger partial charge < -0.3 is 18.1 Å². The molecule has 126 valence electrons. The molecular weight excluding hydrogens is 347 g/mol. The molecule has 0 saturated heterocycles. The molecule has 0 aliphatic rings. The summed E-state index contributed by atoms with van der Waals surface area (Å²) in [4.78, 5) is 0. The van der Waals surface area contributed by atoms with E-state index in [0.717, 1.165) is 11.3 Å². The second kappa shape index (κ2) is 9.00. The Kier molecular flexibility index (Phi) is 7.35. The predicted octanol–water partition coefficient (Wildman–Crippen LogP) is 0.179. The summed E-state index contributed by atoms with van der Waals surface area (Å²) in [6.07, 6.45) is 5.65. The highest BCUT2D eigenvalue weighted by Crippen LogP contribution is 2.24. The molecule has 8 heteroatoms. The molecule has 3 aromatic rings. The molecule has 3 rings (SSSR count). The molecule has 1 aromatic carbocycles. The van der Waals surface area contributed by atoms with Crippen LogP contribution in [0.15, 0.2) is 71.3 Å². The third-order valence-corrected chi connectivity index (χ3v) is 3.22. The van der Waals surface area contributed by atoms with Gasteiger partial charge in [-0.3, -0.25) is 0 Å². The van der Waals surface area contributed by atoms with Crippen molar-refractivity contribution in [2.45, 2.75) is 6.54 Å². The zero-order valence-electron chi connectivity index (χ0n) is 13.1. The Bertz CT molecular complexity index is 801. The first-order chi connectivity index (χ1) is 10.7. The van der Waals surface area contributed by atoms with E-state index in [1.807, 2.05) is 66.5 Å². The molecule has 0 spiro atoms. The van der Waals surface area contributed by atoms with Crippen molar-refractivity contribution in [3.05, 3.63) is 66.6 Å². The standard InChI is InChI=1S/C16H17N6.2ClH/c1-21-9-5-6-13(11-21)12-22-16(17)15(10-18-22)20-19-14-7-3-2-4-8-14;;/h2-11H,12,17H2,1H3;2*1H/q+1;;/p-1. The Hall–Kier alpha value is -2.44. The zero-order valence-corrected chi connectivity index (χ0v) is 14.7. The maximum atomic E-state index is 6.09. The first-order valence-electron chi connectivity index (χ1n) is 6.94. The van der Waals surface area contributed by atoms with Crippen LogP contribution in [0.5, 0.6) is 0 Å². The molecule has 0 aliphatic heterocycles. The van der Waals surface area contributed by atoms with Crippen LogP contribution in [0.4, 0.5) is 17.2 Å². The third kappa shape index (κ3) is 4.78. The first kappa shape index (κ1) is 19.6. The van der Waals surface area contributed by atoms with E-state index >= 15 is 0 Å². The molecule has 6 nitrogen and oxygen atoms in total. The SMILES string of the molecule is C[n+]1cccc(Cn2ncc(N=Nc3ccccc3)c2N)c1.Cl.[Cl-]. The Morgan fingerprint density at radius 2 is 1.88 bits per heavy atom. The Morgan fingerprint density at radius 3 is 2.58 bits per heavy atom. The van der Waals surface area contributed by atoms with E-state index in [9.17, 15) is 0 Å². The number of nitrogens with zero attached hydrogens (tertiary/aromatic N) is 5. The van der Waals surface area contributed by atoms with Crippen LogP contribution in [0.1, 0.15) is 5.56 Å². The van der Waals surface area contributed by atoms with Crippen LogP contribution in [0.25, 0.3) is 0 Å². The van der Waals surface area contributed by atoms with E-state index in [0.29, 0.717) is 18.1 Å². The van der Waals surface area contributed by atoms with E-state index in [1.165, 1.54) is 0 Å². The molecule has 0 radical (unpaired) electrons. The van der Waals surface area contributed by atoms with Gasteiger partial charge in [-0.05, 0) is 18.2 Å². The van der Waals surface area contributed by atoms with Crippen LogP contribution in [0.3, 0.4) is 0 Å². The van der Waals surface area contributed by atoms with Gasteiger partial charge in [0, 0.05) is 11.6 Å². The lowest BCUT2D eigenvalue weighted by Gasteiger charge is -2.02. The average molecular weight is 365 g/mol. The van der Waals surface area contributed by atoms with Gasteiger partial charge in [0.05, 0.1) is 18.4 Å². The average Bonchev–Trinajstić information content (AvgIpc) is 2.87. The Balaban J connectivity index is 0.00000144. The summed E-state index contributed by atoms with van der Waals surface area (Å²) in [5, 5.41) is 12.6. The predicted molar refractivity (Wildman–Crippen MR) is 91.2 cm³/mol. The summed E-state index contributed by atoms with van der Waals surface area (Å²) in [6.45, 7) is 0.599. The van der Waals surface area contributed by atoms with Crippen molar-refractivity contribution >= 4 is 29.6 Å². The lowest BCUT2D eigenvalue weighted by molar-refractivity contribution is -0.671. The van der Waals surface area contributed by atoms with Gasteiger partial charge in [0.2, 0.25) is 0 Å². The van der Waals surface area contributed by atoms with Crippen molar-refractivity contribution in [1.82, 2.24) is 9.78 Å². The molecule has 2 heterocycles. The normalized spacial score (nSPS) is 10.2. The summed E-state index contributed by atoms with van der Waals surface area (Å²) in [7, 11) is 1.98. The zero-order chi connectivity index (χ0) is 15.4. The van der Waals surface area contributed by atoms with Crippen molar-refractivity contribution < 1.29 is 17.0 Å². The summed E-state index contributed by atoms with van der Waals surface area (Å²) >= 11 is 0. The monoisotopic (exact) mass is 364 g/mol. The highest BCUT2D eigenvalue weighted by atomic mass is 35.5. The van der Waals surface area contributed by atoms with E-state index in [4.69, 9.17) is 5.73 Å². The summed E-state index contributed by atoms with van der Waals surface area (Å²) < 4.78 is 3.71. The van der Waals surface area contributed by atoms with E-state index in [-0.39, 0.29) is 24.8 Å². The van der Waals surface area contributed by atoms with Gasteiger partial charge in [0.15, 0.2) is 12.4 Å². The minimum absolute atomic E-state index is 0. The fraction of sp³-hybridized carbons (Fsp3) is 0.125. The van der Waals surface area contributed by atoms with Crippen LogP contribution in [-0.4, -0.2) is 9.78 Å². The lowest BCUT2D eigenvalue weighted by Crippen LogP contribution is -3.00. The number of anilines is 1. The Labute approximate surface area is 152 Å². The smallest absolute Gasteiger partial charge is 0.173 e. The molecule has 2 N–H and O–H groups in total. The summed E-state index contributed by atoms with van der Waals surface area (Å²) in [5.74, 6) is 0.506. The van der Waals surface area contributed by atoms with Gasteiger partial charge >= 0.3 is 0 Å². The van der Waals surface area contributed by atoms with E-state index < -0.39 is 0 Å². The Morgan fingerprint density at radius 1 is 1.12 bits per heavy atom. The number of azo groups is 1. The van der Waals surface area contributed by atoms with Crippen molar-refractivity contribution in [1.29, 1.82) is 0 Å². The van der Waals surface area contributed by atoms with Crippen LogP contribution in [-0.2, 0) is 13.6 Å². The summed E-state index contributed by atoms with van der Waals surface area (Å²) in [6, 6.07) is 13.6. The number of aryl methyl sites for hydroxylation is 1. The first-order valence-corrected chi connectivity index (χ1v) is 6.94. The maximum absolute atomic E-state index is 6.09. The molecule has 0 unspecified atom stereocenters. The fourth-order valence-corrected chi connectivity index (χ4v) is 2.11. The van der Waals surface area contributed by atoms with Gasteiger partial charge in [0.25, 0.3) is 0 Å². The number of halogens is 2. The molecular formula is C16H18Cl2N6. The highest BCUT2D eigenvalue weighted by Gasteiger charge is 2.08. The topological polar surface area (TPSA) is 72.4 Å². The van der Waals surface area contributed by atoms with Gasteiger partial charge in [-0.25, -0.2) is 9.25 Å². The summed E-state index contributed by atoms with van der Waals surface area (Å²) in [5.41, 5.74) is 8.57. The minimum Gasteiger partial charge on any atom is -1.00 e. The number of hydrogen-bond acceptors (Lipinski definition) is 4. The minimum atomic E-state index is 0. The number of benzene rings is 1. The molecule has 0 amide bonds. The third-order valence-electron chi connectivity index (χ3n) is 3.22. The molecule has 0 fully saturated rings. The maximum Gasteiger partial charge on any atom is 0.173 e. The van der Waals surface area contributed by atoms with Gasteiger partial charge in [-0.15, -0.1) is 17.5 Å². The molecule has 0 atom stereocenters. The van der Waals surface area contributed by atoms with Crippen molar-refractivity contribution in [2.75, 3.05) is 5.73 Å².